The zero-order chi connectivity index (χ0) is 21.0. The molecule has 3 heterocycles. The second-order valence-corrected chi connectivity index (χ2v) is 7.86. The third-order valence-electron chi connectivity index (χ3n) is 5.34. The van der Waals surface area contributed by atoms with E-state index in [4.69, 9.17) is 10.1 Å². The van der Waals surface area contributed by atoms with Crippen molar-refractivity contribution in [2.75, 3.05) is 5.32 Å². The summed E-state index contributed by atoms with van der Waals surface area (Å²) >= 11 is 0. The molecule has 4 aromatic rings. The molecular weight excluding hydrogens is 385 g/mol. The maximum absolute atomic E-state index is 14.4. The number of hydrogen-bond acceptors (Lipinski definition) is 5. The van der Waals surface area contributed by atoms with Gasteiger partial charge in [-0.1, -0.05) is 0 Å². The van der Waals surface area contributed by atoms with E-state index < -0.39 is 6.04 Å². The molecule has 0 bridgehead atoms. The topological polar surface area (TPSA) is 89.1 Å². The average molecular weight is 407 g/mol. The lowest BCUT2D eigenvalue weighted by Gasteiger charge is -2.14. The summed E-state index contributed by atoms with van der Waals surface area (Å²) in [6.45, 7) is 3.17. The Bertz CT molecular complexity index is 1290. The van der Waals surface area contributed by atoms with Crippen LogP contribution in [-0.2, 0) is 11.8 Å². The van der Waals surface area contributed by atoms with Crippen molar-refractivity contribution in [2.45, 2.75) is 38.8 Å². The molecule has 1 saturated carbocycles. The number of carbonyl (C=O) groups excluding carboxylic acids is 1. The van der Waals surface area contributed by atoms with E-state index in [-0.39, 0.29) is 11.7 Å². The molecule has 0 aliphatic heterocycles. The summed E-state index contributed by atoms with van der Waals surface area (Å²) < 4.78 is 18.1. The van der Waals surface area contributed by atoms with Gasteiger partial charge >= 0.3 is 0 Å². The first kappa shape index (κ1) is 18.5. The van der Waals surface area contributed by atoms with Crippen LogP contribution in [0.5, 0.6) is 0 Å². The lowest BCUT2D eigenvalue weighted by Crippen LogP contribution is -2.24. The van der Waals surface area contributed by atoms with E-state index in [9.17, 15) is 9.18 Å². The van der Waals surface area contributed by atoms with Gasteiger partial charge in [0.2, 0.25) is 5.91 Å². The van der Waals surface area contributed by atoms with Crippen molar-refractivity contribution in [3.63, 3.8) is 0 Å². The van der Waals surface area contributed by atoms with Gasteiger partial charge in [-0.25, -0.2) is 14.4 Å². The maximum atomic E-state index is 14.4. The van der Waals surface area contributed by atoms with Gasteiger partial charge in [0.05, 0.1) is 18.1 Å². The number of imidazole rings is 1. The van der Waals surface area contributed by atoms with Crippen LogP contribution in [0.15, 0.2) is 30.6 Å². The molecule has 1 aliphatic carbocycles. The predicted molar refractivity (Wildman–Crippen MR) is 112 cm³/mol. The van der Waals surface area contributed by atoms with Crippen molar-refractivity contribution in [1.82, 2.24) is 29.5 Å². The number of rotatable bonds is 5. The molecule has 1 fully saturated rings. The number of nitrogens with one attached hydrogen (secondary N) is 2. The van der Waals surface area contributed by atoms with E-state index in [0.717, 1.165) is 35.4 Å². The third kappa shape index (κ3) is 3.16. The number of carbonyl (C=O) groups is 1. The van der Waals surface area contributed by atoms with Gasteiger partial charge in [-0.15, -0.1) is 0 Å². The SMILES string of the molecule is CC(=O)NC(C)c1cc(-c2cc3nc(NC4CC4)c4ncn(C)c4n3n2)ccc1F. The first-order chi connectivity index (χ1) is 14.4. The molecule has 2 N–H and O–H groups in total. The van der Waals surface area contributed by atoms with Crippen LogP contribution < -0.4 is 10.6 Å². The van der Waals surface area contributed by atoms with Crippen LogP contribution in [-0.4, -0.2) is 36.1 Å². The summed E-state index contributed by atoms with van der Waals surface area (Å²) in [5, 5.41) is 10.9. The van der Waals surface area contributed by atoms with Crippen molar-refractivity contribution in [1.29, 1.82) is 0 Å². The number of fused-ring (bicyclic) bond motifs is 3. The molecule has 0 saturated heterocycles. The van der Waals surface area contributed by atoms with Gasteiger partial charge in [0.15, 0.2) is 22.6 Å². The maximum Gasteiger partial charge on any atom is 0.217 e. The molecule has 0 radical (unpaired) electrons. The fraction of sp³-hybridized carbons (Fsp3) is 0.333. The number of nitrogens with zero attached hydrogens (tertiary/aromatic N) is 5. The van der Waals surface area contributed by atoms with Gasteiger partial charge in [-0.05, 0) is 38.0 Å². The van der Waals surface area contributed by atoms with Crippen molar-refractivity contribution < 1.29 is 9.18 Å². The van der Waals surface area contributed by atoms with Crippen LogP contribution in [0.3, 0.4) is 0 Å². The molecule has 8 nitrogen and oxygen atoms in total. The van der Waals surface area contributed by atoms with E-state index in [1.54, 1.807) is 29.9 Å². The number of anilines is 1. The van der Waals surface area contributed by atoms with Gasteiger partial charge in [-0.2, -0.15) is 9.61 Å². The van der Waals surface area contributed by atoms with Crippen molar-refractivity contribution in [3.8, 4) is 11.3 Å². The van der Waals surface area contributed by atoms with E-state index in [1.807, 2.05) is 17.7 Å². The Morgan fingerprint density at radius 1 is 1.30 bits per heavy atom. The second kappa shape index (κ2) is 6.79. The van der Waals surface area contributed by atoms with Crippen LogP contribution in [0, 0.1) is 5.82 Å². The van der Waals surface area contributed by atoms with Crippen LogP contribution >= 0.6 is 0 Å². The van der Waals surface area contributed by atoms with Gasteiger partial charge in [-0.3, -0.25) is 4.79 Å². The first-order valence-corrected chi connectivity index (χ1v) is 9.95. The van der Waals surface area contributed by atoms with Crippen molar-refractivity contribution in [2.24, 2.45) is 7.05 Å². The summed E-state index contributed by atoms with van der Waals surface area (Å²) in [6.07, 6.45) is 4.02. The Hall–Kier alpha value is -3.49. The van der Waals surface area contributed by atoms with Gasteiger partial charge in [0.1, 0.15) is 5.82 Å². The quantitative estimate of drug-likeness (QED) is 0.530. The van der Waals surface area contributed by atoms with Crippen LogP contribution in [0.25, 0.3) is 28.1 Å². The minimum Gasteiger partial charge on any atom is -0.365 e. The molecule has 5 rings (SSSR count). The molecule has 1 aromatic carbocycles. The van der Waals surface area contributed by atoms with Crippen LogP contribution in [0.4, 0.5) is 10.2 Å². The summed E-state index contributed by atoms with van der Waals surface area (Å²) in [5.41, 5.74) is 4.12. The fourth-order valence-corrected chi connectivity index (χ4v) is 3.70. The zero-order valence-electron chi connectivity index (χ0n) is 17.0. The second-order valence-electron chi connectivity index (χ2n) is 7.86. The molecule has 154 valence electrons. The summed E-state index contributed by atoms with van der Waals surface area (Å²) in [7, 11) is 1.92. The molecule has 30 heavy (non-hydrogen) atoms. The van der Waals surface area contributed by atoms with Crippen molar-refractivity contribution >= 4 is 28.5 Å². The highest BCUT2D eigenvalue weighted by atomic mass is 19.1. The van der Waals surface area contributed by atoms with Gasteiger partial charge < -0.3 is 15.2 Å². The predicted octanol–water partition coefficient (Wildman–Crippen LogP) is 3.19. The van der Waals surface area contributed by atoms with Crippen LogP contribution in [0.1, 0.15) is 38.3 Å². The highest BCUT2D eigenvalue weighted by molar-refractivity contribution is 5.86. The molecule has 0 spiro atoms. The molecule has 3 aromatic heterocycles. The summed E-state index contributed by atoms with van der Waals surface area (Å²) in [6, 6.07) is 6.69. The number of aryl methyl sites for hydroxylation is 1. The zero-order valence-corrected chi connectivity index (χ0v) is 17.0. The standard InChI is InChI=1S/C21H22FN7O/c1-11(24-12(2)30)15-8-13(4-7-16(15)22)17-9-18-26-20(25-14-5-6-14)19-21(29(18)27-17)28(3)10-23-19/h4,7-11,14H,5-6H2,1-3H3,(H,24,30)(H,25,26). The molecule has 1 unspecified atom stereocenters. The van der Waals surface area contributed by atoms with E-state index in [1.165, 1.54) is 13.0 Å². The monoisotopic (exact) mass is 407 g/mol. The minimum atomic E-state index is -0.448. The van der Waals surface area contributed by atoms with Gasteiger partial charge in [0, 0.05) is 37.2 Å². The van der Waals surface area contributed by atoms with E-state index in [0.29, 0.717) is 22.9 Å². The Balaban J connectivity index is 1.62. The van der Waals surface area contributed by atoms with E-state index in [2.05, 4.69) is 15.6 Å². The third-order valence-corrected chi connectivity index (χ3v) is 5.34. The Labute approximate surface area is 172 Å². The highest BCUT2D eigenvalue weighted by Crippen LogP contribution is 2.30. The highest BCUT2D eigenvalue weighted by Gasteiger charge is 2.24. The Morgan fingerprint density at radius 3 is 2.83 bits per heavy atom. The van der Waals surface area contributed by atoms with E-state index >= 15 is 0 Å². The molecule has 9 heteroatoms. The number of amides is 1. The smallest absolute Gasteiger partial charge is 0.217 e. The minimum absolute atomic E-state index is 0.210. The fourth-order valence-electron chi connectivity index (χ4n) is 3.70. The lowest BCUT2D eigenvalue weighted by atomic mass is 10.0. The molecule has 1 amide bonds. The summed E-state index contributed by atoms with van der Waals surface area (Å²) in [4.78, 5) is 20.6. The van der Waals surface area contributed by atoms with Gasteiger partial charge in [0.25, 0.3) is 0 Å². The lowest BCUT2D eigenvalue weighted by molar-refractivity contribution is -0.119. The number of hydrogen-bond donors (Lipinski definition) is 2. The Morgan fingerprint density at radius 2 is 2.10 bits per heavy atom. The molecule has 1 atom stereocenters. The van der Waals surface area contributed by atoms with Crippen LogP contribution in [0.2, 0.25) is 0 Å². The summed E-state index contributed by atoms with van der Waals surface area (Å²) in [5.74, 6) is 0.177. The first-order valence-electron chi connectivity index (χ1n) is 9.95. The van der Waals surface area contributed by atoms with Crippen molar-refractivity contribution in [3.05, 3.63) is 42.0 Å². The largest absolute Gasteiger partial charge is 0.365 e. The molecule has 1 aliphatic rings. The normalized spacial score (nSPS) is 14.9. The number of aromatic nitrogens is 5. The number of benzene rings is 1. The Kier molecular flexibility index (Phi) is 4.19. The molecular formula is C21H22FN7O. The number of halogens is 1. The average Bonchev–Trinajstić information content (AvgIpc) is 3.27.